The van der Waals surface area contributed by atoms with E-state index in [0.717, 1.165) is 12.3 Å². The molecule has 2 heterocycles. The standard InChI is InChI=1S/C32H26N2O9/c1-2-19-18-34(30(40)33-28(19)39)29-32(42,26(38)22-16-10-5-11-17-22)31(41,25(37)21-14-8-4-9-15-21)27(43-29)24(36)23(35)20-12-6-3-7-13-20/h2-18,24,27,29,36,41-42H,1H2,(H,33,39,40)/t24?,27-,29-,31-,32-/m1/s1. The van der Waals surface area contributed by atoms with Gasteiger partial charge in [0.1, 0.15) is 12.2 Å². The normalized spacial score (nSPS) is 23.8. The first-order valence-electron chi connectivity index (χ1n) is 13.1. The van der Waals surface area contributed by atoms with Gasteiger partial charge in [0.05, 0.1) is 5.56 Å². The molecule has 1 aliphatic rings. The van der Waals surface area contributed by atoms with Crippen LogP contribution in [-0.2, 0) is 4.74 Å². The highest BCUT2D eigenvalue weighted by Gasteiger charge is 2.75. The van der Waals surface area contributed by atoms with Crippen molar-refractivity contribution in [1.82, 2.24) is 9.55 Å². The molecule has 0 radical (unpaired) electrons. The van der Waals surface area contributed by atoms with E-state index in [1.54, 1.807) is 18.2 Å². The molecule has 0 saturated carbocycles. The molecule has 5 atom stereocenters. The first-order chi connectivity index (χ1) is 20.5. The zero-order valence-corrected chi connectivity index (χ0v) is 22.5. The molecule has 1 aromatic heterocycles. The van der Waals surface area contributed by atoms with Crippen LogP contribution in [0.15, 0.2) is 113 Å². The molecule has 3 aromatic carbocycles. The lowest BCUT2D eigenvalue weighted by molar-refractivity contribution is -0.108. The Morgan fingerprint density at radius 3 is 1.77 bits per heavy atom. The van der Waals surface area contributed by atoms with Crippen molar-refractivity contribution in [1.29, 1.82) is 0 Å². The van der Waals surface area contributed by atoms with Gasteiger partial charge in [0.15, 0.2) is 17.6 Å². The van der Waals surface area contributed by atoms with E-state index < -0.39 is 58.2 Å². The summed E-state index contributed by atoms with van der Waals surface area (Å²) in [5.41, 5.74) is -9.33. The SMILES string of the molecule is C=Cc1cn([C@@H]2O[C@H](C(O)C(=O)c3ccccc3)[C@](O)(C(=O)c3ccccc3)[C@@]2(O)C(=O)c2ccccc2)c(=O)[nH]c1=O. The van der Waals surface area contributed by atoms with E-state index in [1.807, 2.05) is 4.98 Å². The van der Waals surface area contributed by atoms with Crippen molar-refractivity contribution in [3.63, 3.8) is 0 Å². The Bertz CT molecular complexity index is 1820. The zero-order valence-electron chi connectivity index (χ0n) is 22.5. The first-order valence-corrected chi connectivity index (χ1v) is 13.1. The van der Waals surface area contributed by atoms with E-state index in [4.69, 9.17) is 4.74 Å². The first kappa shape index (κ1) is 29.4. The summed E-state index contributed by atoms with van der Waals surface area (Å²) in [6, 6.07) is 21.6. The number of aliphatic hydroxyl groups is 3. The largest absolute Gasteiger partial charge is 0.382 e. The van der Waals surface area contributed by atoms with Gasteiger partial charge in [-0.1, -0.05) is 104 Å². The Hall–Kier alpha value is -5.07. The van der Waals surface area contributed by atoms with Crippen molar-refractivity contribution in [2.45, 2.75) is 29.6 Å². The molecule has 1 unspecified atom stereocenters. The van der Waals surface area contributed by atoms with Crippen molar-refractivity contribution in [3.05, 3.63) is 147 Å². The summed E-state index contributed by atoms with van der Waals surface area (Å²) in [6.45, 7) is 3.51. The summed E-state index contributed by atoms with van der Waals surface area (Å²) in [5, 5.41) is 36.3. The van der Waals surface area contributed by atoms with Crippen LogP contribution in [0.5, 0.6) is 0 Å². The zero-order chi connectivity index (χ0) is 30.9. The van der Waals surface area contributed by atoms with Crippen LogP contribution < -0.4 is 11.2 Å². The predicted molar refractivity (Wildman–Crippen MR) is 154 cm³/mol. The maximum Gasteiger partial charge on any atom is 0.330 e. The molecule has 1 fully saturated rings. The van der Waals surface area contributed by atoms with Crippen molar-refractivity contribution in [2.75, 3.05) is 0 Å². The minimum atomic E-state index is -3.36. The molecule has 11 heteroatoms. The van der Waals surface area contributed by atoms with E-state index in [9.17, 15) is 39.3 Å². The number of benzene rings is 3. The number of hydrogen-bond acceptors (Lipinski definition) is 9. The highest BCUT2D eigenvalue weighted by molar-refractivity contribution is 6.14. The lowest BCUT2D eigenvalue weighted by atomic mass is 9.69. The lowest BCUT2D eigenvalue weighted by Gasteiger charge is -2.39. The Morgan fingerprint density at radius 1 is 0.814 bits per heavy atom. The Kier molecular flexibility index (Phi) is 7.74. The van der Waals surface area contributed by atoms with Gasteiger partial charge < -0.3 is 20.1 Å². The number of carbonyl (C=O) groups is 3. The van der Waals surface area contributed by atoms with Crippen molar-refractivity contribution < 1.29 is 34.4 Å². The Morgan fingerprint density at radius 2 is 1.28 bits per heavy atom. The summed E-state index contributed by atoms with van der Waals surface area (Å²) in [7, 11) is 0. The second-order valence-electron chi connectivity index (χ2n) is 9.96. The predicted octanol–water partition coefficient (Wildman–Crippen LogP) is 1.55. The van der Waals surface area contributed by atoms with Gasteiger partial charge in [-0.2, -0.15) is 0 Å². The molecule has 5 rings (SSSR count). The van der Waals surface area contributed by atoms with Crippen LogP contribution in [0.1, 0.15) is 42.9 Å². The second kappa shape index (κ2) is 11.3. The number of nitrogens with one attached hydrogen (secondary N) is 1. The number of hydrogen-bond donors (Lipinski definition) is 4. The van der Waals surface area contributed by atoms with Crippen molar-refractivity contribution >= 4 is 23.4 Å². The third-order valence-electron chi connectivity index (χ3n) is 7.47. The van der Waals surface area contributed by atoms with Crippen LogP contribution in [0.4, 0.5) is 0 Å². The minimum Gasteiger partial charge on any atom is -0.382 e. The number of carbonyl (C=O) groups excluding carboxylic acids is 3. The van der Waals surface area contributed by atoms with E-state index in [2.05, 4.69) is 6.58 Å². The summed E-state index contributed by atoms with van der Waals surface area (Å²) in [5.74, 6) is -3.53. The highest BCUT2D eigenvalue weighted by Crippen LogP contribution is 2.50. The monoisotopic (exact) mass is 582 g/mol. The number of Topliss-reactive ketones (excluding diaryl/α,β-unsaturated/α-hetero) is 3. The summed E-state index contributed by atoms with van der Waals surface area (Å²) < 4.78 is 6.48. The molecule has 0 bridgehead atoms. The molecule has 0 spiro atoms. The summed E-state index contributed by atoms with van der Waals surface area (Å²) in [6.07, 6.45) is -4.83. The van der Waals surface area contributed by atoms with E-state index in [-0.39, 0.29) is 22.3 Å². The molecule has 11 nitrogen and oxygen atoms in total. The maximum absolute atomic E-state index is 14.2. The number of nitrogens with zero attached hydrogens (tertiary/aromatic N) is 1. The van der Waals surface area contributed by atoms with Gasteiger partial charge >= 0.3 is 5.69 Å². The van der Waals surface area contributed by atoms with Gasteiger partial charge in [-0.15, -0.1) is 0 Å². The number of rotatable bonds is 9. The second-order valence-corrected chi connectivity index (χ2v) is 9.96. The molecule has 4 aromatic rings. The fourth-order valence-electron chi connectivity index (χ4n) is 5.25. The highest BCUT2D eigenvalue weighted by atomic mass is 16.6. The van der Waals surface area contributed by atoms with E-state index in [0.29, 0.717) is 4.57 Å². The molecule has 0 amide bonds. The Balaban J connectivity index is 1.81. The average molecular weight is 583 g/mol. The van der Waals surface area contributed by atoms with Gasteiger partial charge in [-0.25, -0.2) is 4.79 Å². The van der Waals surface area contributed by atoms with Crippen LogP contribution in [-0.4, -0.2) is 65.6 Å². The van der Waals surface area contributed by atoms with Crippen molar-refractivity contribution in [3.8, 4) is 0 Å². The van der Waals surface area contributed by atoms with E-state index >= 15 is 0 Å². The average Bonchev–Trinajstić information content (AvgIpc) is 3.28. The molecule has 43 heavy (non-hydrogen) atoms. The number of aromatic amines is 1. The molecule has 218 valence electrons. The van der Waals surface area contributed by atoms with Gasteiger partial charge in [0.2, 0.25) is 17.2 Å². The molecular weight excluding hydrogens is 556 g/mol. The fraction of sp³-hybridized carbons (Fsp3) is 0.156. The molecule has 0 aliphatic carbocycles. The number of H-pyrrole nitrogens is 1. The molecule has 4 N–H and O–H groups in total. The smallest absolute Gasteiger partial charge is 0.330 e. The van der Waals surface area contributed by atoms with Crippen LogP contribution in [0.25, 0.3) is 6.08 Å². The van der Waals surface area contributed by atoms with Crippen LogP contribution in [0.2, 0.25) is 0 Å². The van der Waals surface area contributed by atoms with Gasteiger partial charge in [-0.05, 0) is 0 Å². The number of aromatic nitrogens is 2. The number of ketones is 3. The van der Waals surface area contributed by atoms with Crippen LogP contribution >= 0.6 is 0 Å². The third-order valence-corrected chi connectivity index (χ3v) is 7.47. The van der Waals surface area contributed by atoms with Gasteiger partial charge in [0, 0.05) is 22.9 Å². The molecule has 1 saturated heterocycles. The number of aliphatic hydroxyl groups excluding tert-OH is 1. The molecule has 1 aliphatic heterocycles. The van der Waals surface area contributed by atoms with Crippen LogP contribution in [0.3, 0.4) is 0 Å². The lowest BCUT2D eigenvalue weighted by Crippen LogP contribution is -2.69. The van der Waals surface area contributed by atoms with Crippen molar-refractivity contribution in [2.24, 2.45) is 0 Å². The maximum atomic E-state index is 14.2. The van der Waals surface area contributed by atoms with E-state index in [1.165, 1.54) is 72.8 Å². The molecular formula is C32H26N2O9. The van der Waals surface area contributed by atoms with Gasteiger partial charge in [-0.3, -0.25) is 28.7 Å². The topological polar surface area (TPSA) is 176 Å². The Labute approximate surface area is 244 Å². The fourth-order valence-corrected chi connectivity index (χ4v) is 5.25. The quantitative estimate of drug-likeness (QED) is 0.213. The van der Waals surface area contributed by atoms with Crippen LogP contribution in [0, 0.1) is 0 Å². The third kappa shape index (κ3) is 4.70. The summed E-state index contributed by atoms with van der Waals surface area (Å²) in [4.78, 5) is 69.3. The summed E-state index contributed by atoms with van der Waals surface area (Å²) >= 11 is 0. The minimum absolute atomic E-state index is 0.0235. The number of ether oxygens (including phenoxy) is 1. The van der Waals surface area contributed by atoms with Gasteiger partial charge in [0.25, 0.3) is 5.56 Å².